The number of hydrogen-bond donors (Lipinski definition) is 3. The molecule has 1 fully saturated rings. The molecule has 0 radical (unpaired) electrons. The third kappa shape index (κ3) is 5.90. The molecule has 1 unspecified atom stereocenters. The summed E-state index contributed by atoms with van der Waals surface area (Å²) in [5, 5.41) is 14.8. The first-order valence-corrected chi connectivity index (χ1v) is 11.6. The van der Waals surface area contributed by atoms with E-state index >= 15 is 0 Å². The zero-order valence-corrected chi connectivity index (χ0v) is 17.9. The number of nitrogens with zero attached hydrogens (tertiary/aromatic N) is 1. The topological polar surface area (TPSA) is 116 Å². The van der Waals surface area contributed by atoms with E-state index < -0.39 is 27.9 Å². The van der Waals surface area contributed by atoms with Gasteiger partial charge in [0.2, 0.25) is 21.8 Å². The fraction of sp³-hybridized carbons (Fsp3) is 0.364. The Kier molecular flexibility index (Phi) is 7.78. The molecule has 3 N–H and O–H groups in total. The van der Waals surface area contributed by atoms with Crippen LogP contribution in [0.1, 0.15) is 24.4 Å². The van der Waals surface area contributed by atoms with E-state index in [0.717, 1.165) is 5.56 Å². The van der Waals surface area contributed by atoms with E-state index in [2.05, 4.69) is 10.6 Å². The first kappa shape index (κ1) is 22.9. The lowest BCUT2D eigenvalue weighted by atomic mass is 9.99. The van der Waals surface area contributed by atoms with Crippen LogP contribution in [-0.2, 0) is 19.6 Å². The van der Waals surface area contributed by atoms with Crippen molar-refractivity contribution in [3.63, 3.8) is 0 Å². The minimum atomic E-state index is -3.66. The molecule has 0 aliphatic carbocycles. The lowest BCUT2D eigenvalue weighted by Crippen LogP contribution is -2.47. The maximum absolute atomic E-state index is 12.8. The van der Waals surface area contributed by atoms with Crippen molar-refractivity contribution in [1.82, 2.24) is 14.9 Å². The summed E-state index contributed by atoms with van der Waals surface area (Å²) in [6.45, 7) is -0.0760. The van der Waals surface area contributed by atoms with E-state index in [9.17, 15) is 23.1 Å². The van der Waals surface area contributed by atoms with Crippen molar-refractivity contribution in [2.75, 3.05) is 26.2 Å². The number of piperidine rings is 1. The van der Waals surface area contributed by atoms with E-state index in [4.69, 9.17) is 0 Å². The van der Waals surface area contributed by atoms with Gasteiger partial charge in [-0.05, 0) is 30.5 Å². The maximum Gasteiger partial charge on any atom is 0.243 e. The van der Waals surface area contributed by atoms with Gasteiger partial charge >= 0.3 is 0 Å². The highest BCUT2D eigenvalue weighted by Gasteiger charge is 2.33. The van der Waals surface area contributed by atoms with Crippen LogP contribution in [0.5, 0.6) is 0 Å². The minimum Gasteiger partial charge on any atom is -0.394 e. The Balaban J connectivity index is 1.54. The highest BCUT2D eigenvalue weighted by atomic mass is 32.2. The molecule has 3 rings (SSSR count). The molecule has 0 aromatic heterocycles. The predicted octanol–water partition coefficient (Wildman–Crippen LogP) is 1.05. The molecule has 9 heteroatoms. The van der Waals surface area contributed by atoms with Gasteiger partial charge in [-0.15, -0.1) is 0 Å². The van der Waals surface area contributed by atoms with Crippen LogP contribution in [0, 0.1) is 5.92 Å². The van der Waals surface area contributed by atoms with Crippen molar-refractivity contribution in [2.24, 2.45) is 5.92 Å². The molecule has 8 nitrogen and oxygen atoms in total. The molecule has 1 saturated heterocycles. The lowest BCUT2D eigenvalue weighted by molar-refractivity contribution is -0.129. The molecular formula is C22H27N3O5S. The molecule has 2 atom stereocenters. The third-order valence-corrected chi connectivity index (χ3v) is 7.16. The molecule has 0 saturated carbocycles. The first-order chi connectivity index (χ1) is 14.9. The number of aliphatic hydroxyl groups excluding tert-OH is 1. The number of benzene rings is 2. The summed E-state index contributed by atoms with van der Waals surface area (Å²) in [5.41, 5.74) is 0.763. The van der Waals surface area contributed by atoms with Crippen LogP contribution in [-0.4, -0.2) is 55.9 Å². The number of nitrogens with one attached hydrogen (secondary N) is 2. The van der Waals surface area contributed by atoms with E-state index in [1.165, 1.54) is 16.4 Å². The summed E-state index contributed by atoms with van der Waals surface area (Å²) in [4.78, 5) is 25.0. The Morgan fingerprint density at radius 1 is 1.06 bits per heavy atom. The van der Waals surface area contributed by atoms with Gasteiger partial charge in [0.05, 0.1) is 30.0 Å². The van der Waals surface area contributed by atoms with Crippen LogP contribution >= 0.6 is 0 Å². The third-order valence-electron chi connectivity index (χ3n) is 5.28. The Hall–Kier alpha value is -2.75. The van der Waals surface area contributed by atoms with Gasteiger partial charge in [-0.1, -0.05) is 48.5 Å². The van der Waals surface area contributed by atoms with E-state index in [0.29, 0.717) is 19.4 Å². The molecule has 2 aromatic rings. The zero-order chi connectivity index (χ0) is 22.3. The van der Waals surface area contributed by atoms with Crippen LogP contribution in [0.4, 0.5) is 0 Å². The van der Waals surface area contributed by atoms with Crippen molar-refractivity contribution >= 4 is 21.8 Å². The van der Waals surface area contributed by atoms with E-state index in [1.807, 2.05) is 18.2 Å². The number of sulfonamides is 1. The molecule has 2 amide bonds. The average molecular weight is 446 g/mol. The number of carbonyl (C=O) groups is 2. The second-order valence-corrected chi connectivity index (χ2v) is 9.38. The van der Waals surface area contributed by atoms with Crippen molar-refractivity contribution in [2.45, 2.75) is 23.8 Å². The number of hydrogen-bond acceptors (Lipinski definition) is 5. The van der Waals surface area contributed by atoms with Crippen molar-refractivity contribution < 1.29 is 23.1 Å². The van der Waals surface area contributed by atoms with E-state index in [1.54, 1.807) is 30.3 Å². The largest absolute Gasteiger partial charge is 0.394 e. The van der Waals surface area contributed by atoms with Crippen LogP contribution in [0.3, 0.4) is 0 Å². The number of amides is 2. The summed E-state index contributed by atoms with van der Waals surface area (Å²) in [7, 11) is -3.66. The smallest absolute Gasteiger partial charge is 0.243 e. The SMILES string of the molecule is O=C(CNC(=O)C1CCCN(S(=O)(=O)c2ccccc2)C1)N[C@H](CO)c1ccccc1. The molecule has 2 aromatic carbocycles. The standard InChI is InChI=1S/C22H27N3O5S/c26-16-20(17-8-3-1-4-9-17)24-21(27)14-23-22(28)18-10-7-13-25(15-18)31(29,30)19-11-5-2-6-12-19/h1-6,8-9,11-12,18,20,26H,7,10,13-16H2,(H,23,28)(H,24,27)/t18?,20-/m1/s1. The second kappa shape index (κ2) is 10.5. The highest BCUT2D eigenvalue weighted by Crippen LogP contribution is 2.23. The number of carbonyl (C=O) groups excluding carboxylic acids is 2. The molecular weight excluding hydrogens is 418 g/mol. The molecule has 1 aliphatic rings. The number of aliphatic hydroxyl groups is 1. The van der Waals surface area contributed by atoms with Crippen molar-refractivity contribution in [3.05, 3.63) is 66.2 Å². The summed E-state index contributed by atoms with van der Waals surface area (Å²) in [6.07, 6.45) is 1.12. The second-order valence-electron chi connectivity index (χ2n) is 7.45. The van der Waals surface area contributed by atoms with E-state index in [-0.39, 0.29) is 30.5 Å². The van der Waals surface area contributed by atoms with Crippen LogP contribution in [0.25, 0.3) is 0 Å². The first-order valence-electron chi connectivity index (χ1n) is 10.2. The molecule has 1 heterocycles. The van der Waals surface area contributed by atoms with Gasteiger partial charge in [0.1, 0.15) is 0 Å². The summed E-state index contributed by atoms with van der Waals surface area (Å²) >= 11 is 0. The molecule has 0 spiro atoms. The lowest BCUT2D eigenvalue weighted by Gasteiger charge is -2.31. The molecule has 166 valence electrons. The fourth-order valence-corrected chi connectivity index (χ4v) is 5.14. The van der Waals surface area contributed by atoms with Gasteiger partial charge in [0.15, 0.2) is 0 Å². The Bertz CT molecular complexity index is 983. The van der Waals surface area contributed by atoms with Gasteiger partial charge in [-0.25, -0.2) is 8.42 Å². The van der Waals surface area contributed by atoms with Crippen LogP contribution in [0.2, 0.25) is 0 Å². The van der Waals surface area contributed by atoms with Gasteiger partial charge in [-0.3, -0.25) is 9.59 Å². The van der Waals surface area contributed by atoms with Gasteiger partial charge in [0, 0.05) is 13.1 Å². The Morgan fingerprint density at radius 2 is 1.71 bits per heavy atom. The molecule has 31 heavy (non-hydrogen) atoms. The van der Waals surface area contributed by atoms with Crippen LogP contribution < -0.4 is 10.6 Å². The monoisotopic (exact) mass is 445 g/mol. The quantitative estimate of drug-likeness (QED) is 0.562. The normalized spacial score (nSPS) is 18.2. The van der Waals surface area contributed by atoms with Gasteiger partial charge in [-0.2, -0.15) is 4.31 Å². The van der Waals surface area contributed by atoms with Gasteiger partial charge < -0.3 is 15.7 Å². The predicted molar refractivity (Wildman–Crippen MR) is 115 cm³/mol. The minimum absolute atomic E-state index is 0.0773. The van der Waals surface area contributed by atoms with Crippen molar-refractivity contribution in [1.29, 1.82) is 0 Å². The Labute approximate surface area is 182 Å². The number of rotatable bonds is 8. The maximum atomic E-state index is 12.8. The van der Waals surface area contributed by atoms with Gasteiger partial charge in [0.25, 0.3) is 0 Å². The van der Waals surface area contributed by atoms with Crippen molar-refractivity contribution in [3.8, 4) is 0 Å². The summed E-state index contributed by atoms with van der Waals surface area (Å²) in [5.74, 6) is -1.31. The van der Waals surface area contributed by atoms with Crippen LogP contribution in [0.15, 0.2) is 65.6 Å². The fourth-order valence-electron chi connectivity index (χ4n) is 3.59. The molecule has 0 bridgehead atoms. The summed E-state index contributed by atoms with van der Waals surface area (Å²) < 4.78 is 27.0. The average Bonchev–Trinajstić information content (AvgIpc) is 2.82. The molecule has 1 aliphatic heterocycles. The highest BCUT2D eigenvalue weighted by molar-refractivity contribution is 7.89. The zero-order valence-electron chi connectivity index (χ0n) is 17.1. The Morgan fingerprint density at radius 3 is 2.35 bits per heavy atom. The summed E-state index contributed by atoms with van der Waals surface area (Å²) in [6, 6.07) is 16.6.